The van der Waals surface area contributed by atoms with Crippen LogP contribution in [-0.2, 0) is 0 Å². The van der Waals surface area contributed by atoms with Crippen LogP contribution in [0, 0.1) is 0 Å². The third kappa shape index (κ3) is 5.80. The van der Waals surface area contributed by atoms with Crippen molar-refractivity contribution in [3.8, 4) is 0 Å². The van der Waals surface area contributed by atoms with E-state index in [4.69, 9.17) is 5.73 Å². The summed E-state index contributed by atoms with van der Waals surface area (Å²) in [6.07, 6.45) is 4.61. The molecule has 0 saturated carbocycles. The number of hydrogen-bond donors (Lipinski definition) is 3. The predicted molar refractivity (Wildman–Crippen MR) is 72.0 cm³/mol. The SMILES string of the molecule is CCCCCCNC(=O)Nc1cccc(N)c1. The van der Waals surface area contributed by atoms with Crippen LogP contribution in [0.15, 0.2) is 24.3 Å². The van der Waals surface area contributed by atoms with E-state index in [-0.39, 0.29) is 6.03 Å². The number of anilines is 2. The molecule has 1 rings (SSSR count). The topological polar surface area (TPSA) is 67.2 Å². The first kappa shape index (κ1) is 13.4. The summed E-state index contributed by atoms with van der Waals surface area (Å²) >= 11 is 0. The Labute approximate surface area is 103 Å². The Balaban J connectivity index is 2.21. The molecular formula is C13H21N3O. The van der Waals surface area contributed by atoms with Gasteiger partial charge < -0.3 is 16.4 Å². The fourth-order valence-corrected chi connectivity index (χ4v) is 1.55. The fraction of sp³-hybridized carbons (Fsp3) is 0.462. The Kier molecular flexibility index (Phi) is 5.93. The van der Waals surface area contributed by atoms with Crippen LogP contribution < -0.4 is 16.4 Å². The minimum Gasteiger partial charge on any atom is -0.399 e. The molecule has 0 aliphatic heterocycles. The molecular weight excluding hydrogens is 214 g/mol. The van der Waals surface area contributed by atoms with Crippen molar-refractivity contribution in [1.29, 1.82) is 0 Å². The highest BCUT2D eigenvalue weighted by atomic mass is 16.2. The summed E-state index contributed by atoms with van der Waals surface area (Å²) in [6, 6.07) is 6.97. The number of amides is 2. The number of carbonyl (C=O) groups excluding carboxylic acids is 1. The first-order chi connectivity index (χ1) is 8.22. The average Bonchev–Trinajstić information content (AvgIpc) is 2.29. The number of urea groups is 1. The van der Waals surface area contributed by atoms with Crippen LogP contribution in [0.3, 0.4) is 0 Å². The fourth-order valence-electron chi connectivity index (χ4n) is 1.55. The molecule has 0 bridgehead atoms. The number of rotatable bonds is 6. The van der Waals surface area contributed by atoms with E-state index in [1.165, 1.54) is 12.8 Å². The Hall–Kier alpha value is -1.71. The van der Waals surface area contributed by atoms with Gasteiger partial charge >= 0.3 is 6.03 Å². The van der Waals surface area contributed by atoms with Crippen LogP contribution in [0.1, 0.15) is 32.6 Å². The lowest BCUT2D eigenvalue weighted by Crippen LogP contribution is -2.29. The molecule has 17 heavy (non-hydrogen) atoms. The maximum Gasteiger partial charge on any atom is 0.319 e. The molecule has 0 radical (unpaired) electrons. The van der Waals surface area contributed by atoms with Gasteiger partial charge in [0.2, 0.25) is 0 Å². The standard InChI is InChI=1S/C13H21N3O/c1-2-3-4-5-9-15-13(17)16-12-8-6-7-11(14)10-12/h6-8,10H,2-5,9,14H2,1H3,(H2,15,16,17). The third-order valence-corrected chi connectivity index (χ3v) is 2.46. The van der Waals surface area contributed by atoms with Crippen LogP contribution >= 0.6 is 0 Å². The van der Waals surface area contributed by atoms with Crippen molar-refractivity contribution in [3.05, 3.63) is 24.3 Å². The molecule has 0 unspecified atom stereocenters. The molecule has 0 saturated heterocycles. The largest absolute Gasteiger partial charge is 0.399 e. The van der Waals surface area contributed by atoms with E-state index >= 15 is 0 Å². The lowest BCUT2D eigenvalue weighted by Gasteiger charge is -2.07. The van der Waals surface area contributed by atoms with E-state index in [0.717, 1.165) is 18.5 Å². The maximum atomic E-state index is 11.5. The maximum absolute atomic E-state index is 11.5. The Morgan fingerprint density at radius 2 is 2.12 bits per heavy atom. The Bertz CT molecular complexity index is 352. The van der Waals surface area contributed by atoms with Gasteiger partial charge in [-0.05, 0) is 24.6 Å². The number of unbranched alkanes of at least 4 members (excludes halogenated alkanes) is 3. The van der Waals surface area contributed by atoms with Crippen LogP contribution in [0.4, 0.5) is 16.2 Å². The molecule has 94 valence electrons. The van der Waals surface area contributed by atoms with Gasteiger partial charge in [-0.15, -0.1) is 0 Å². The van der Waals surface area contributed by atoms with Gasteiger partial charge in [-0.3, -0.25) is 0 Å². The molecule has 0 fully saturated rings. The monoisotopic (exact) mass is 235 g/mol. The van der Waals surface area contributed by atoms with Gasteiger partial charge in [-0.25, -0.2) is 4.79 Å². The number of nitrogens with one attached hydrogen (secondary N) is 2. The van der Waals surface area contributed by atoms with Crippen molar-refractivity contribution in [1.82, 2.24) is 5.32 Å². The molecule has 0 atom stereocenters. The van der Waals surface area contributed by atoms with E-state index in [9.17, 15) is 4.79 Å². The first-order valence-electron chi connectivity index (χ1n) is 6.12. The highest BCUT2D eigenvalue weighted by Crippen LogP contribution is 2.11. The van der Waals surface area contributed by atoms with Gasteiger partial charge in [-0.2, -0.15) is 0 Å². The van der Waals surface area contributed by atoms with E-state index in [2.05, 4.69) is 17.6 Å². The minimum absolute atomic E-state index is 0.174. The van der Waals surface area contributed by atoms with Gasteiger partial charge in [0, 0.05) is 17.9 Å². The molecule has 4 nitrogen and oxygen atoms in total. The molecule has 0 aromatic heterocycles. The Morgan fingerprint density at radius 3 is 2.82 bits per heavy atom. The van der Waals surface area contributed by atoms with Crippen LogP contribution in [-0.4, -0.2) is 12.6 Å². The zero-order valence-corrected chi connectivity index (χ0v) is 10.3. The van der Waals surface area contributed by atoms with Crippen LogP contribution in [0.25, 0.3) is 0 Å². The lowest BCUT2D eigenvalue weighted by atomic mass is 10.2. The number of nitrogen functional groups attached to an aromatic ring is 1. The molecule has 1 aromatic carbocycles. The van der Waals surface area contributed by atoms with Crippen molar-refractivity contribution in [2.24, 2.45) is 0 Å². The van der Waals surface area contributed by atoms with E-state index < -0.39 is 0 Å². The molecule has 4 heteroatoms. The summed E-state index contributed by atoms with van der Waals surface area (Å²) in [5, 5.41) is 5.56. The number of benzene rings is 1. The lowest BCUT2D eigenvalue weighted by molar-refractivity contribution is 0.252. The Morgan fingerprint density at radius 1 is 1.29 bits per heavy atom. The second kappa shape index (κ2) is 7.54. The second-order valence-corrected chi connectivity index (χ2v) is 4.07. The summed E-state index contributed by atoms with van der Waals surface area (Å²) in [6.45, 7) is 2.88. The third-order valence-electron chi connectivity index (χ3n) is 2.46. The van der Waals surface area contributed by atoms with Crippen molar-refractivity contribution >= 4 is 17.4 Å². The first-order valence-corrected chi connectivity index (χ1v) is 6.12. The van der Waals surface area contributed by atoms with Crippen molar-refractivity contribution in [3.63, 3.8) is 0 Å². The van der Waals surface area contributed by atoms with Crippen LogP contribution in [0.2, 0.25) is 0 Å². The molecule has 0 aliphatic carbocycles. The zero-order chi connectivity index (χ0) is 12.5. The molecule has 1 aromatic rings. The quantitative estimate of drug-likeness (QED) is 0.524. The van der Waals surface area contributed by atoms with E-state index in [1.54, 1.807) is 12.1 Å². The van der Waals surface area contributed by atoms with Gasteiger partial charge in [0.05, 0.1) is 0 Å². The summed E-state index contributed by atoms with van der Waals surface area (Å²) < 4.78 is 0. The molecule has 4 N–H and O–H groups in total. The number of carbonyl (C=O) groups is 1. The average molecular weight is 235 g/mol. The second-order valence-electron chi connectivity index (χ2n) is 4.07. The van der Waals surface area contributed by atoms with E-state index in [0.29, 0.717) is 12.2 Å². The molecule has 0 aliphatic rings. The summed E-state index contributed by atoms with van der Waals surface area (Å²) in [5.74, 6) is 0. The summed E-state index contributed by atoms with van der Waals surface area (Å²) in [5.41, 5.74) is 6.98. The van der Waals surface area contributed by atoms with Gasteiger partial charge in [0.1, 0.15) is 0 Å². The smallest absolute Gasteiger partial charge is 0.319 e. The number of hydrogen-bond acceptors (Lipinski definition) is 2. The highest BCUT2D eigenvalue weighted by Gasteiger charge is 2.00. The van der Waals surface area contributed by atoms with Crippen molar-refractivity contribution in [2.75, 3.05) is 17.6 Å². The number of nitrogens with two attached hydrogens (primary N) is 1. The van der Waals surface area contributed by atoms with Crippen LogP contribution in [0.5, 0.6) is 0 Å². The molecule has 2 amide bonds. The normalized spacial score (nSPS) is 9.94. The van der Waals surface area contributed by atoms with E-state index in [1.807, 2.05) is 12.1 Å². The molecule has 0 heterocycles. The van der Waals surface area contributed by atoms with Crippen molar-refractivity contribution in [2.45, 2.75) is 32.6 Å². The van der Waals surface area contributed by atoms with Gasteiger partial charge in [0.15, 0.2) is 0 Å². The molecule has 0 spiro atoms. The van der Waals surface area contributed by atoms with Crippen molar-refractivity contribution < 1.29 is 4.79 Å². The summed E-state index contributed by atoms with van der Waals surface area (Å²) in [4.78, 5) is 11.5. The zero-order valence-electron chi connectivity index (χ0n) is 10.3. The summed E-state index contributed by atoms with van der Waals surface area (Å²) in [7, 11) is 0. The highest BCUT2D eigenvalue weighted by molar-refractivity contribution is 5.89. The van der Waals surface area contributed by atoms with Gasteiger partial charge in [-0.1, -0.05) is 32.3 Å². The predicted octanol–water partition coefficient (Wildman–Crippen LogP) is 2.97. The minimum atomic E-state index is -0.174. The van der Waals surface area contributed by atoms with Gasteiger partial charge in [0.25, 0.3) is 0 Å².